The molecular weight excluding hydrogens is 436 g/mol. The van der Waals surface area contributed by atoms with Crippen LogP contribution in [0.1, 0.15) is 58.4 Å². The predicted octanol–water partition coefficient (Wildman–Crippen LogP) is 5.17. The van der Waals surface area contributed by atoms with Crippen molar-refractivity contribution in [3.05, 3.63) is 101 Å². The van der Waals surface area contributed by atoms with E-state index in [-0.39, 0.29) is 17.9 Å². The van der Waals surface area contributed by atoms with E-state index in [9.17, 15) is 9.59 Å². The highest BCUT2D eigenvalue weighted by atomic mass is 16.5. The molecule has 35 heavy (non-hydrogen) atoms. The molecule has 2 aliphatic rings. The van der Waals surface area contributed by atoms with Crippen LogP contribution in [-0.4, -0.2) is 47.4 Å². The van der Waals surface area contributed by atoms with Crippen LogP contribution in [0.5, 0.6) is 5.75 Å². The number of aryl methyl sites for hydroxylation is 1. The highest BCUT2D eigenvalue weighted by Crippen LogP contribution is 2.38. The van der Waals surface area contributed by atoms with Crippen molar-refractivity contribution in [1.82, 2.24) is 9.80 Å². The van der Waals surface area contributed by atoms with Gasteiger partial charge >= 0.3 is 0 Å². The van der Waals surface area contributed by atoms with Gasteiger partial charge in [0.05, 0.1) is 6.04 Å². The lowest BCUT2D eigenvalue weighted by atomic mass is 9.87. The highest BCUT2D eigenvalue weighted by Gasteiger charge is 2.33. The number of nitrogens with zero attached hydrogens (tertiary/aromatic N) is 2. The van der Waals surface area contributed by atoms with Gasteiger partial charge in [-0.25, -0.2) is 0 Å². The van der Waals surface area contributed by atoms with Gasteiger partial charge in [-0.2, -0.15) is 0 Å². The Morgan fingerprint density at radius 3 is 2.43 bits per heavy atom. The molecule has 0 unspecified atom stereocenters. The smallest absolute Gasteiger partial charge is 0.263 e. The van der Waals surface area contributed by atoms with Crippen molar-refractivity contribution in [2.45, 2.75) is 45.3 Å². The van der Waals surface area contributed by atoms with Gasteiger partial charge in [0.25, 0.3) is 11.8 Å². The monoisotopic (exact) mass is 468 g/mol. The SMILES string of the molecule is Cc1cccc([C@H]2c3cc(O[C@H](C)C(=O)N4CCCC4)ccc3CCN2C(=O)c2ccccc2)c1. The van der Waals surface area contributed by atoms with Crippen molar-refractivity contribution in [1.29, 1.82) is 0 Å². The number of fused-ring (bicyclic) bond motifs is 1. The zero-order valence-corrected chi connectivity index (χ0v) is 20.4. The van der Waals surface area contributed by atoms with Crippen molar-refractivity contribution in [3.8, 4) is 5.75 Å². The topological polar surface area (TPSA) is 49.9 Å². The summed E-state index contributed by atoms with van der Waals surface area (Å²) in [6.45, 7) is 6.15. The summed E-state index contributed by atoms with van der Waals surface area (Å²) in [7, 11) is 0. The van der Waals surface area contributed by atoms with E-state index in [0.29, 0.717) is 17.9 Å². The summed E-state index contributed by atoms with van der Waals surface area (Å²) in [5.74, 6) is 0.721. The molecule has 2 heterocycles. The fourth-order valence-electron chi connectivity index (χ4n) is 5.28. The maximum atomic E-state index is 13.6. The maximum absolute atomic E-state index is 13.6. The minimum Gasteiger partial charge on any atom is -0.481 e. The van der Waals surface area contributed by atoms with Gasteiger partial charge in [-0.05, 0) is 74.1 Å². The van der Waals surface area contributed by atoms with Crippen molar-refractivity contribution < 1.29 is 14.3 Å². The van der Waals surface area contributed by atoms with Gasteiger partial charge in [0, 0.05) is 25.2 Å². The van der Waals surface area contributed by atoms with E-state index in [2.05, 4.69) is 31.2 Å². The molecule has 0 N–H and O–H groups in total. The van der Waals surface area contributed by atoms with E-state index in [1.54, 1.807) is 0 Å². The van der Waals surface area contributed by atoms with Gasteiger partial charge in [-0.15, -0.1) is 0 Å². The molecule has 1 saturated heterocycles. The molecule has 2 atom stereocenters. The molecule has 5 nitrogen and oxygen atoms in total. The van der Waals surface area contributed by atoms with Crippen molar-refractivity contribution in [2.75, 3.05) is 19.6 Å². The van der Waals surface area contributed by atoms with E-state index in [1.165, 1.54) is 5.56 Å². The highest BCUT2D eigenvalue weighted by molar-refractivity contribution is 5.95. The van der Waals surface area contributed by atoms with E-state index >= 15 is 0 Å². The zero-order chi connectivity index (χ0) is 24.4. The first-order valence-electron chi connectivity index (χ1n) is 12.5. The van der Waals surface area contributed by atoms with Crippen molar-refractivity contribution in [2.24, 2.45) is 0 Å². The molecule has 0 bridgehead atoms. The average Bonchev–Trinajstić information content (AvgIpc) is 3.42. The molecule has 5 rings (SSSR count). The van der Waals surface area contributed by atoms with Gasteiger partial charge in [0.15, 0.2) is 6.10 Å². The Kier molecular flexibility index (Phi) is 6.58. The molecule has 0 aliphatic carbocycles. The second-order valence-corrected chi connectivity index (χ2v) is 9.58. The lowest BCUT2D eigenvalue weighted by molar-refractivity contribution is -0.136. The molecule has 3 aromatic carbocycles. The Hall–Kier alpha value is -3.60. The second-order valence-electron chi connectivity index (χ2n) is 9.58. The Labute approximate surface area is 207 Å². The fourth-order valence-corrected chi connectivity index (χ4v) is 5.28. The van der Waals surface area contributed by atoms with Crippen LogP contribution in [0.2, 0.25) is 0 Å². The quantitative estimate of drug-likeness (QED) is 0.519. The van der Waals surface area contributed by atoms with Gasteiger partial charge in [0.1, 0.15) is 5.75 Å². The van der Waals surface area contributed by atoms with Crippen LogP contribution in [0.25, 0.3) is 0 Å². The Bertz CT molecular complexity index is 1220. The third-order valence-electron chi connectivity index (χ3n) is 7.06. The summed E-state index contributed by atoms with van der Waals surface area (Å²) < 4.78 is 6.15. The first-order chi connectivity index (χ1) is 17.0. The summed E-state index contributed by atoms with van der Waals surface area (Å²) in [6.07, 6.45) is 2.34. The molecule has 0 radical (unpaired) electrons. The van der Waals surface area contributed by atoms with Crippen molar-refractivity contribution >= 4 is 11.8 Å². The molecule has 0 spiro atoms. The van der Waals surface area contributed by atoms with Gasteiger partial charge in [0.2, 0.25) is 0 Å². The van der Waals surface area contributed by atoms with Crippen LogP contribution in [0, 0.1) is 6.92 Å². The zero-order valence-electron chi connectivity index (χ0n) is 20.4. The third-order valence-corrected chi connectivity index (χ3v) is 7.06. The Balaban J connectivity index is 1.49. The number of carbonyl (C=O) groups is 2. The Morgan fingerprint density at radius 2 is 1.69 bits per heavy atom. The summed E-state index contributed by atoms with van der Waals surface area (Å²) in [5.41, 5.74) is 5.18. The van der Waals surface area contributed by atoms with Crippen molar-refractivity contribution in [3.63, 3.8) is 0 Å². The summed E-state index contributed by atoms with van der Waals surface area (Å²) in [5, 5.41) is 0. The molecule has 0 saturated carbocycles. The van der Waals surface area contributed by atoms with Crippen LogP contribution in [0.15, 0.2) is 72.8 Å². The molecular formula is C30H32N2O3. The molecule has 180 valence electrons. The van der Waals surface area contributed by atoms with Gasteiger partial charge in [-0.3, -0.25) is 9.59 Å². The van der Waals surface area contributed by atoms with Crippen LogP contribution in [0.3, 0.4) is 0 Å². The average molecular weight is 469 g/mol. The van der Waals surface area contributed by atoms with Gasteiger partial charge in [-0.1, -0.05) is 54.1 Å². The van der Waals surface area contributed by atoms with Gasteiger partial charge < -0.3 is 14.5 Å². The van der Waals surface area contributed by atoms with Crippen LogP contribution >= 0.6 is 0 Å². The minimum atomic E-state index is -0.547. The number of rotatable bonds is 5. The number of likely N-dealkylation sites (tertiary alicyclic amines) is 1. The van der Waals surface area contributed by atoms with E-state index in [4.69, 9.17) is 4.74 Å². The number of hydrogen-bond acceptors (Lipinski definition) is 3. The van der Waals surface area contributed by atoms with E-state index in [1.807, 2.05) is 65.3 Å². The first-order valence-corrected chi connectivity index (χ1v) is 12.5. The van der Waals surface area contributed by atoms with E-state index in [0.717, 1.165) is 49.0 Å². The fraction of sp³-hybridized carbons (Fsp3) is 0.333. The molecule has 2 aliphatic heterocycles. The van der Waals surface area contributed by atoms with E-state index < -0.39 is 6.10 Å². The predicted molar refractivity (Wildman–Crippen MR) is 137 cm³/mol. The molecule has 0 aromatic heterocycles. The molecule has 5 heteroatoms. The molecule has 1 fully saturated rings. The number of hydrogen-bond donors (Lipinski definition) is 0. The number of amides is 2. The number of ether oxygens (including phenoxy) is 1. The Morgan fingerprint density at radius 1 is 0.914 bits per heavy atom. The number of benzene rings is 3. The molecule has 2 amide bonds. The first kappa shape index (κ1) is 23.2. The summed E-state index contributed by atoms with van der Waals surface area (Å²) >= 11 is 0. The van der Waals surface area contributed by atoms with Crippen LogP contribution in [0.4, 0.5) is 0 Å². The summed E-state index contributed by atoms with van der Waals surface area (Å²) in [4.78, 5) is 30.3. The van der Waals surface area contributed by atoms with Crippen LogP contribution < -0.4 is 4.74 Å². The largest absolute Gasteiger partial charge is 0.481 e. The minimum absolute atomic E-state index is 0.0201. The summed E-state index contributed by atoms with van der Waals surface area (Å²) in [6, 6.07) is 23.7. The standard InChI is InChI=1S/C30H32N2O3/c1-21-9-8-12-25(19-21)28-27-20-26(35-22(2)29(33)31-16-6-7-17-31)14-13-23(27)15-18-32(28)30(34)24-10-4-3-5-11-24/h3-5,8-14,19-20,22,28H,6-7,15-18H2,1-2H3/t22-,28+/m1/s1. The maximum Gasteiger partial charge on any atom is 0.263 e. The lowest BCUT2D eigenvalue weighted by Gasteiger charge is -2.38. The normalized spacial score (nSPS) is 18.2. The lowest BCUT2D eigenvalue weighted by Crippen LogP contribution is -2.41. The number of carbonyl (C=O) groups excluding carboxylic acids is 2. The second kappa shape index (κ2) is 9.95. The third kappa shape index (κ3) is 4.81. The molecule has 3 aromatic rings. The van der Waals surface area contributed by atoms with Crippen LogP contribution in [-0.2, 0) is 11.2 Å².